The SMILES string of the molecule is CC.CCCCCCCCNC=O. The Hall–Kier alpha value is -0.530. The van der Waals surface area contributed by atoms with Gasteiger partial charge in [-0.15, -0.1) is 0 Å². The molecule has 0 saturated carbocycles. The molecule has 1 amide bonds. The minimum Gasteiger partial charge on any atom is -0.359 e. The molecule has 2 heteroatoms. The number of hydrogen-bond donors (Lipinski definition) is 1. The van der Waals surface area contributed by atoms with Crippen molar-refractivity contribution in [2.24, 2.45) is 0 Å². The van der Waals surface area contributed by atoms with Crippen LogP contribution in [0.15, 0.2) is 0 Å². The monoisotopic (exact) mass is 187 g/mol. The van der Waals surface area contributed by atoms with E-state index in [2.05, 4.69) is 12.2 Å². The molecule has 0 aliphatic carbocycles. The largest absolute Gasteiger partial charge is 0.359 e. The molecule has 2 nitrogen and oxygen atoms in total. The van der Waals surface area contributed by atoms with Crippen LogP contribution in [0.25, 0.3) is 0 Å². The number of nitrogens with one attached hydrogen (secondary N) is 1. The van der Waals surface area contributed by atoms with Gasteiger partial charge in [-0.05, 0) is 6.42 Å². The normalized spacial score (nSPS) is 8.54. The van der Waals surface area contributed by atoms with E-state index < -0.39 is 0 Å². The molecular weight excluding hydrogens is 162 g/mol. The molecule has 0 atom stereocenters. The fraction of sp³-hybridized carbons (Fsp3) is 0.909. The lowest BCUT2D eigenvalue weighted by Crippen LogP contribution is -2.11. The third kappa shape index (κ3) is 18.4. The Morgan fingerprint density at radius 2 is 1.54 bits per heavy atom. The van der Waals surface area contributed by atoms with Crippen molar-refractivity contribution in [3.8, 4) is 0 Å². The first-order valence-corrected chi connectivity index (χ1v) is 5.59. The second kappa shape index (κ2) is 17.5. The van der Waals surface area contributed by atoms with Crippen molar-refractivity contribution >= 4 is 6.41 Å². The quantitative estimate of drug-likeness (QED) is 0.459. The van der Waals surface area contributed by atoms with Crippen molar-refractivity contribution in [2.45, 2.75) is 59.3 Å². The molecule has 0 aromatic rings. The molecule has 0 heterocycles. The van der Waals surface area contributed by atoms with Crippen molar-refractivity contribution in [1.29, 1.82) is 0 Å². The van der Waals surface area contributed by atoms with Crippen LogP contribution in [0.2, 0.25) is 0 Å². The van der Waals surface area contributed by atoms with Crippen molar-refractivity contribution in [1.82, 2.24) is 5.32 Å². The van der Waals surface area contributed by atoms with Gasteiger partial charge in [-0.1, -0.05) is 52.9 Å². The van der Waals surface area contributed by atoms with Gasteiger partial charge in [0, 0.05) is 6.54 Å². The van der Waals surface area contributed by atoms with E-state index in [1.165, 1.54) is 32.1 Å². The number of unbranched alkanes of at least 4 members (excludes halogenated alkanes) is 5. The average molecular weight is 187 g/mol. The van der Waals surface area contributed by atoms with Crippen LogP contribution in [0, 0.1) is 0 Å². The minimum atomic E-state index is 0.770. The maximum atomic E-state index is 9.83. The first-order chi connectivity index (χ1) is 6.41. The summed E-state index contributed by atoms with van der Waals surface area (Å²) in [5, 5.41) is 2.66. The van der Waals surface area contributed by atoms with E-state index in [9.17, 15) is 4.79 Å². The molecule has 0 saturated heterocycles. The van der Waals surface area contributed by atoms with Crippen molar-refractivity contribution < 1.29 is 4.79 Å². The third-order valence-electron chi connectivity index (χ3n) is 1.76. The third-order valence-corrected chi connectivity index (χ3v) is 1.76. The second-order valence-corrected chi connectivity index (χ2v) is 2.84. The van der Waals surface area contributed by atoms with Crippen LogP contribution in [0.5, 0.6) is 0 Å². The number of rotatable bonds is 8. The van der Waals surface area contributed by atoms with Gasteiger partial charge in [0.05, 0.1) is 0 Å². The molecule has 0 fully saturated rings. The zero-order valence-electron chi connectivity index (χ0n) is 9.44. The summed E-state index contributed by atoms with van der Waals surface area (Å²) >= 11 is 0. The van der Waals surface area contributed by atoms with E-state index in [0.29, 0.717) is 0 Å². The predicted molar refractivity (Wildman–Crippen MR) is 58.8 cm³/mol. The molecule has 0 unspecified atom stereocenters. The van der Waals surface area contributed by atoms with Crippen molar-refractivity contribution in [3.05, 3.63) is 0 Å². The van der Waals surface area contributed by atoms with Crippen molar-refractivity contribution in [3.63, 3.8) is 0 Å². The van der Waals surface area contributed by atoms with Gasteiger partial charge in [-0.3, -0.25) is 4.79 Å². The van der Waals surface area contributed by atoms with Crippen LogP contribution in [-0.2, 0) is 4.79 Å². The fourth-order valence-electron chi connectivity index (χ4n) is 1.07. The van der Waals surface area contributed by atoms with E-state index in [1.807, 2.05) is 13.8 Å². The Balaban J connectivity index is 0. The smallest absolute Gasteiger partial charge is 0.207 e. The predicted octanol–water partition coefficient (Wildman–Crippen LogP) is 3.12. The van der Waals surface area contributed by atoms with E-state index >= 15 is 0 Å². The Labute approximate surface area is 83.1 Å². The van der Waals surface area contributed by atoms with Gasteiger partial charge < -0.3 is 5.32 Å². The van der Waals surface area contributed by atoms with Crippen LogP contribution in [0.1, 0.15) is 59.3 Å². The summed E-state index contributed by atoms with van der Waals surface area (Å²) in [7, 11) is 0. The highest BCUT2D eigenvalue weighted by molar-refractivity contribution is 5.45. The highest BCUT2D eigenvalue weighted by Gasteiger charge is 1.88. The van der Waals surface area contributed by atoms with Crippen LogP contribution in [-0.4, -0.2) is 13.0 Å². The lowest BCUT2D eigenvalue weighted by molar-refractivity contribution is -0.109. The van der Waals surface area contributed by atoms with Crippen LogP contribution >= 0.6 is 0 Å². The highest BCUT2D eigenvalue weighted by Crippen LogP contribution is 2.03. The Morgan fingerprint density at radius 1 is 1.00 bits per heavy atom. The highest BCUT2D eigenvalue weighted by atomic mass is 16.1. The molecule has 13 heavy (non-hydrogen) atoms. The molecule has 0 aromatic carbocycles. The van der Waals surface area contributed by atoms with Crippen LogP contribution in [0.3, 0.4) is 0 Å². The van der Waals surface area contributed by atoms with Gasteiger partial charge in [0.1, 0.15) is 0 Å². The van der Waals surface area contributed by atoms with E-state index in [1.54, 1.807) is 0 Å². The summed E-state index contributed by atoms with van der Waals surface area (Å²) in [5.41, 5.74) is 0. The average Bonchev–Trinajstić information content (AvgIpc) is 2.20. The lowest BCUT2D eigenvalue weighted by Gasteiger charge is -1.98. The van der Waals surface area contributed by atoms with E-state index in [4.69, 9.17) is 0 Å². The molecule has 80 valence electrons. The van der Waals surface area contributed by atoms with Gasteiger partial charge in [0.2, 0.25) is 6.41 Å². The number of amides is 1. The first kappa shape index (κ1) is 15.0. The summed E-state index contributed by atoms with van der Waals surface area (Å²) in [5.74, 6) is 0. The molecule has 1 N–H and O–H groups in total. The van der Waals surface area contributed by atoms with Gasteiger partial charge in [0.25, 0.3) is 0 Å². The zero-order chi connectivity index (χ0) is 10.4. The molecule has 0 aliphatic rings. The van der Waals surface area contributed by atoms with Gasteiger partial charge >= 0.3 is 0 Å². The van der Waals surface area contributed by atoms with Crippen molar-refractivity contribution in [2.75, 3.05) is 6.54 Å². The minimum absolute atomic E-state index is 0.770. The second-order valence-electron chi connectivity index (χ2n) is 2.84. The number of carbonyl (C=O) groups is 1. The molecule has 0 bridgehead atoms. The maximum absolute atomic E-state index is 9.83. The molecule has 0 spiro atoms. The van der Waals surface area contributed by atoms with Gasteiger partial charge in [0.15, 0.2) is 0 Å². The molecule has 0 radical (unpaired) electrons. The Bertz CT molecular complexity index is 84.2. The summed E-state index contributed by atoms with van der Waals surface area (Å²) in [6.45, 7) is 7.06. The zero-order valence-corrected chi connectivity index (χ0v) is 9.44. The Morgan fingerprint density at radius 3 is 2.08 bits per heavy atom. The molecular formula is C11H25NO. The number of carbonyl (C=O) groups excluding carboxylic acids is 1. The summed E-state index contributed by atoms with van der Waals surface area (Å²) < 4.78 is 0. The van der Waals surface area contributed by atoms with Crippen LogP contribution < -0.4 is 5.32 Å². The maximum Gasteiger partial charge on any atom is 0.207 e. The van der Waals surface area contributed by atoms with Crippen LogP contribution in [0.4, 0.5) is 0 Å². The topological polar surface area (TPSA) is 29.1 Å². The Kier molecular flexibility index (Phi) is 20.2. The molecule has 0 aliphatic heterocycles. The standard InChI is InChI=1S/C9H19NO.C2H6/c1-2-3-4-5-6-7-8-10-9-11;1-2/h9H,2-8H2,1H3,(H,10,11);1-2H3. The number of hydrogen-bond acceptors (Lipinski definition) is 1. The summed E-state index contributed by atoms with van der Waals surface area (Å²) in [6.07, 6.45) is 8.45. The van der Waals surface area contributed by atoms with E-state index in [0.717, 1.165) is 19.4 Å². The summed E-state index contributed by atoms with van der Waals surface area (Å²) in [4.78, 5) is 9.83. The van der Waals surface area contributed by atoms with Gasteiger partial charge in [-0.25, -0.2) is 0 Å². The first-order valence-electron chi connectivity index (χ1n) is 5.59. The lowest BCUT2D eigenvalue weighted by atomic mass is 10.1. The molecule has 0 aromatic heterocycles. The molecule has 0 rings (SSSR count). The van der Waals surface area contributed by atoms with Gasteiger partial charge in [-0.2, -0.15) is 0 Å². The summed E-state index contributed by atoms with van der Waals surface area (Å²) in [6, 6.07) is 0. The fourth-order valence-corrected chi connectivity index (χ4v) is 1.07. The van der Waals surface area contributed by atoms with E-state index in [-0.39, 0.29) is 0 Å².